The van der Waals surface area contributed by atoms with Gasteiger partial charge in [0.05, 0.1) is 52.4 Å². The molecule has 5 N–H and O–H groups in total. The van der Waals surface area contributed by atoms with Crippen molar-refractivity contribution in [3.63, 3.8) is 0 Å². The number of aliphatic hydroxyl groups is 1. The summed E-state index contributed by atoms with van der Waals surface area (Å²) in [4.78, 5) is 81.6. The number of H-pyrrole nitrogens is 1. The van der Waals surface area contributed by atoms with Gasteiger partial charge in [-0.15, -0.1) is 11.3 Å². The lowest BCUT2D eigenvalue weighted by molar-refractivity contribution is -0.139. The number of unbranched alkanes of at least 4 members (excludes halogenated alkanes) is 7. The minimum absolute atomic E-state index is 0.00261. The van der Waals surface area contributed by atoms with E-state index < -0.39 is 62.5 Å². The maximum Gasteiger partial charge on any atom is 0.274 e. The third-order valence-electron chi connectivity index (χ3n) is 15.0. The van der Waals surface area contributed by atoms with Crippen molar-refractivity contribution in [3.8, 4) is 21.6 Å². The third-order valence-corrected chi connectivity index (χ3v) is 16.8. The Bertz CT molecular complexity index is 3500. The average Bonchev–Trinajstić information content (AvgIpc) is 4.41. The molecule has 9 rings (SSSR count). The molecule has 18 nitrogen and oxygen atoms in total. The highest BCUT2D eigenvalue weighted by molar-refractivity contribution is 7.89. The molecular weight excluding hydrogens is 1050 g/mol. The number of halogens is 2. The van der Waals surface area contributed by atoms with Crippen molar-refractivity contribution < 1.29 is 41.5 Å². The lowest BCUT2D eigenvalue weighted by Gasteiger charge is -2.35. The Morgan fingerprint density at radius 2 is 1.71 bits per heavy atom. The minimum Gasteiger partial charge on any atom is -0.391 e. The van der Waals surface area contributed by atoms with E-state index in [2.05, 4.69) is 31.1 Å². The molecule has 4 unspecified atom stereocenters. The molecule has 0 radical (unpaired) electrons. The molecule has 0 aliphatic carbocycles. The highest BCUT2D eigenvalue weighted by atomic mass is 32.2. The number of benzene rings is 2. The van der Waals surface area contributed by atoms with Crippen molar-refractivity contribution in [2.75, 3.05) is 24.2 Å². The summed E-state index contributed by atoms with van der Waals surface area (Å²) in [6.07, 6.45) is 11.6. The van der Waals surface area contributed by atoms with Crippen LogP contribution in [0.25, 0.3) is 32.5 Å². The van der Waals surface area contributed by atoms with Gasteiger partial charge in [-0.05, 0) is 60.9 Å². The van der Waals surface area contributed by atoms with Crippen LogP contribution in [-0.4, -0.2) is 99.0 Å². The number of aryl methyl sites for hydroxylation is 2. The average molecular weight is 1120 g/mol. The van der Waals surface area contributed by atoms with Crippen LogP contribution in [0.15, 0.2) is 76.4 Å². The van der Waals surface area contributed by atoms with Crippen LogP contribution in [0.1, 0.15) is 125 Å². The summed E-state index contributed by atoms with van der Waals surface area (Å²) < 4.78 is 56.7. The maximum atomic E-state index is 15.6. The summed E-state index contributed by atoms with van der Waals surface area (Å²) in [7, 11) is -2.08. The highest BCUT2D eigenvalue weighted by Crippen LogP contribution is 2.45. The van der Waals surface area contributed by atoms with Crippen LogP contribution in [0.5, 0.6) is 0 Å². The number of sulfone groups is 1. The van der Waals surface area contributed by atoms with Crippen LogP contribution in [0.2, 0.25) is 0 Å². The first-order valence-electron chi connectivity index (χ1n) is 26.7. The molecule has 3 aliphatic heterocycles. The summed E-state index contributed by atoms with van der Waals surface area (Å²) >= 11 is 1.58. The number of aromatic nitrogens is 4. The van der Waals surface area contributed by atoms with Crippen molar-refractivity contribution >= 4 is 67.1 Å². The molecule has 420 valence electrons. The van der Waals surface area contributed by atoms with Crippen LogP contribution in [0.4, 0.5) is 20.3 Å². The van der Waals surface area contributed by atoms with Gasteiger partial charge in [-0.3, -0.25) is 19.2 Å². The Balaban J connectivity index is 0.748. The fourth-order valence-electron chi connectivity index (χ4n) is 10.8. The fourth-order valence-corrected chi connectivity index (χ4v) is 12.4. The normalized spacial score (nSPS) is 18.5. The van der Waals surface area contributed by atoms with E-state index in [1.165, 1.54) is 15.5 Å². The molecule has 79 heavy (non-hydrogen) atoms. The van der Waals surface area contributed by atoms with E-state index in [1.54, 1.807) is 41.7 Å². The number of aliphatic hydroxyl groups excluding tert-OH is 1. The fraction of sp³-hybridized carbons (Fsp3) is 0.456. The second-order valence-electron chi connectivity index (χ2n) is 22.3. The topological polar surface area (TPSA) is 233 Å². The molecule has 7 heterocycles. The smallest absolute Gasteiger partial charge is 0.274 e. The Hall–Kier alpha value is -6.88. The third kappa shape index (κ3) is 12.5. The summed E-state index contributed by atoms with van der Waals surface area (Å²) in [5.74, 6) is -3.10. The van der Waals surface area contributed by atoms with Crippen LogP contribution < -0.4 is 26.6 Å². The Kier molecular flexibility index (Phi) is 16.6. The summed E-state index contributed by atoms with van der Waals surface area (Å²) in [5.41, 5.74) is 8.12. The number of hydroxylamine groups is 1. The van der Waals surface area contributed by atoms with E-state index in [9.17, 15) is 37.1 Å². The molecule has 0 saturated carbocycles. The SMILES string of the molecule is Cc1ncsc1-c1ccc(C2(C)N=C(C3CC(O)CN3C(=O)C(NC(=O)CCCCCCCCCCNC(=O)c3cc4c(cc3CS(C)(=O)=O)-c3cn(C)c(=O)c5[nH]cc(c35)CN4c3ncc(F)cc3F)C(C)(C)C)NO2)cc1. The summed E-state index contributed by atoms with van der Waals surface area (Å²) in [5, 5.41) is 17.4. The van der Waals surface area contributed by atoms with Crippen LogP contribution >= 0.6 is 11.3 Å². The van der Waals surface area contributed by atoms with Gasteiger partial charge in [0.15, 0.2) is 21.5 Å². The van der Waals surface area contributed by atoms with Crippen molar-refractivity contribution in [2.24, 2.45) is 17.5 Å². The largest absolute Gasteiger partial charge is 0.391 e. The van der Waals surface area contributed by atoms with Gasteiger partial charge in [-0.1, -0.05) is 83.6 Å². The van der Waals surface area contributed by atoms with E-state index in [1.807, 2.05) is 64.4 Å². The zero-order valence-electron chi connectivity index (χ0n) is 45.5. The van der Waals surface area contributed by atoms with Gasteiger partial charge in [0.1, 0.15) is 23.2 Å². The van der Waals surface area contributed by atoms with Crippen LogP contribution in [0, 0.1) is 24.0 Å². The predicted octanol–water partition coefficient (Wildman–Crippen LogP) is 8.37. The molecule has 22 heteroatoms. The number of fused-ring (bicyclic) bond motifs is 2. The lowest BCUT2D eigenvalue weighted by atomic mass is 9.85. The van der Waals surface area contributed by atoms with Gasteiger partial charge in [-0.25, -0.2) is 42.5 Å². The first-order valence-corrected chi connectivity index (χ1v) is 29.7. The predicted molar refractivity (Wildman–Crippen MR) is 300 cm³/mol. The zero-order valence-corrected chi connectivity index (χ0v) is 47.2. The number of nitrogens with one attached hydrogen (secondary N) is 4. The number of carbonyl (C=O) groups is 3. The lowest BCUT2D eigenvalue weighted by Crippen LogP contribution is -2.57. The second-order valence-corrected chi connectivity index (χ2v) is 25.3. The van der Waals surface area contributed by atoms with Gasteiger partial charge < -0.3 is 35.1 Å². The van der Waals surface area contributed by atoms with Crippen molar-refractivity contribution in [3.05, 3.63) is 117 Å². The van der Waals surface area contributed by atoms with Gasteiger partial charge in [-0.2, -0.15) is 0 Å². The first-order chi connectivity index (χ1) is 37.5. The molecule has 1 saturated heterocycles. The minimum atomic E-state index is -3.67. The standard InChI is InChI=1S/C57H68F2N10O8S2/c1-33-49(78-32-63-33)34-17-19-37(20-18-34)57(5)65-51(66-77-57)45-24-39(70)29-69(45)55(74)50(56(2,3)4)64-46(71)16-14-12-10-8-9-11-13-15-21-60-53(72)40-25-44-41(22-35(40)31-79(7,75)76)42-30-67(6)54(73)48-47(42)36(26-61-48)28-68(44)52-43(59)23-38(58)27-62-52/h17-20,22-23,25-27,30,32,39,45,50,61,70H,8-16,21,24,28-29,31H2,1-7H3,(H,60,72)(H,64,71)(H,65,66). The number of nitrogens with zero attached hydrogens (tertiary/aromatic N) is 6. The molecule has 0 spiro atoms. The Morgan fingerprint density at radius 1 is 1.00 bits per heavy atom. The summed E-state index contributed by atoms with van der Waals surface area (Å²) in [6.45, 7) is 9.93. The van der Waals surface area contributed by atoms with Gasteiger partial charge in [0.2, 0.25) is 17.5 Å². The number of aliphatic imine (C=N–C) groups is 1. The number of hydrogen-bond donors (Lipinski definition) is 5. The number of likely N-dealkylation sites (tertiary alicyclic amines) is 1. The van der Waals surface area contributed by atoms with E-state index in [0.717, 1.165) is 72.7 Å². The van der Waals surface area contributed by atoms with Crippen LogP contribution in [-0.2, 0) is 49.3 Å². The quantitative estimate of drug-likeness (QED) is 0.0454. The molecule has 6 aromatic rings. The number of anilines is 2. The molecule has 2 aromatic carbocycles. The van der Waals surface area contributed by atoms with Crippen molar-refractivity contribution in [1.29, 1.82) is 0 Å². The van der Waals surface area contributed by atoms with E-state index >= 15 is 4.39 Å². The Morgan fingerprint density at radius 3 is 2.38 bits per heavy atom. The first kappa shape index (κ1) is 56.8. The molecule has 1 fully saturated rings. The van der Waals surface area contributed by atoms with E-state index in [4.69, 9.17) is 9.83 Å². The van der Waals surface area contributed by atoms with E-state index in [0.29, 0.717) is 64.6 Å². The summed E-state index contributed by atoms with van der Waals surface area (Å²) in [6, 6.07) is 10.3. The zero-order chi connectivity index (χ0) is 56.6. The van der Waals surface area contributed by atoms with Crippen molar-refractivity contribution in [1.82, 2.24) is 40.5 Å². The number of rotatable bonds is 20. The second kappa shape index (κ2) is 23.1. The molecule has 3 amide bonds. The number of β-amino-alcohol motifs (C(OH)–C–C–N with tert-alkyl or cyclic N) is 1. The highest BCUT2D eigenvalue weighted by Gasteiger charge is 2.47. The number of pyridine rings is 2. The number of thiazole rings is 1. The number of amidine groups is 1. The number of amides is 3. The van der Waals surface area contributed by atoms with Gasteiger partial charge in [0.25, 0.3) is 11.5 Å². The number of aromatic amines is 1. The van der Waals surface area contributed by atoms with Crippen molar-refractivity contribution in [2.45, 2.75) is 135 Å². The Labute approximate surface area is 462 Å². The molecule has 4 atom stereocenters. The molecule has 3 aliphatic rings. The van der Waals surface area contributed by atoms with Crippen LogP contribution in [0.3, 0.4) is 0 Å². The maximum absolute atomic E-state index is 15.6. The number of hydrogen-bond acceptors (Lipinski definition) is 14. The molecule has 0 bridgehead atoms. The van der Waals surface area contributed by atoms with Gasteiger partial charge in [0, 0.05) is 85.3 Å². The van der Waals surface area contributed by atoms with E-state index in [-0.39, 0.29) is 60.2 Å². The monoisotopic (exact) mass is 1120 g/mol. The number of carbonyl (C=O) groups excluding carboxylic acids is 3. The molecule has 4 aromatic heterocycles. The molecular formula is C57H68F2N10O8S2. The van der Waals surface area contributed by atoms with Gasteiger partial charge >= 0.3 is 0 Å².